The van der Waals surface area contributed by atoms with Gasteiger partial charge < -0.3 is 0 Å². The van der Waals surface area contributed by atoms with Crippen LogP contribution in [-0.4, -0.2) is 15.0 Å². The summed E-state index contributed by atoms with van der Waals surface area (Å²) in [5.74, 6) is 0. The van der Waals surface area contributed by atoms with Gasteiger partial charge in [-0.05, 0) is 0 Å². The van der Waals surface area contributed by atoms with Crippen molar-refractivity contribution in [2.24, 2.45) is 5.73 Å². The summed E-state index contributed by atoms with van der Waals surface area (Å²) in [6.45, 7) is 4.24. The molecule has 2 N–H and O–H groups in total. The van der Waals surface area contributed by atoms with Crippen LogP contribution in [0.5, 0.6) is 0 Å². The van der Waals surface area contributed by atoms with Gasteiger partial charge in [0.1, 0.15) is 0 Å². The molecule has 0 aliphatic carbocycles. The van der Waals surface area contributed by atoms with Gasteiger partial charge in [0.05, 0.1) is 0 Å². The van der Waals surface area contributed by atoms with Crippen LogP contribution >= 0.6 is 0 Å². The summed E-state index contributed by atoms with van der Waals surface area (Å²) in [5.41, 5.74) is 6.97. The van der Waals surface area contributed by atoms with Crippen molar-refractivity contribution in [3.63, 3.8) is 0 Å². The van der Waals surface area contributed by atoms with E-state index >= 15 is 0 Å². The fraction of sp³-hybridized carbons (Fsp3) is 0.400. The first-order chi connectivity index (χ1) is 5.74. The normalized spacial score (nSPS) is 12.9. The van der Waals surface area contributed by atoms with Gasteiger partial charge in [0, 0.05) is 0 Å². The molecule has 1 aromatic carbocycles. The molecule has 1 nitrogen and oxygen atoms in total. The first kappa shape index (κ1) is 9.78. The van der Waals surface area contributed by atoms with Gasteiger partial charge in [0.15, 0.2) is 0 Å². The summed E-state index contributed by atoms with van der Waals surface area (Å²) >= 11 is 0.649. The van der Waals surface area contributed by atoms with Crippen LogP contribution in [0.3, 0.4) is 0 Å². The Bertz CT molecular complexity index is 228. The topological polar surface area (TPSA) is 26.0 Å². The SMILES string of the molecule is CC[Se]c1ccc([C@H](C)N)cc1. The Morgan fingerprint density at radius 3 is 2.33 bits per heavy atom. The van der Waals surface area contributed by atoms with Crippen LogP contribution in [0, 0.1) is 0 Å². The zero-order valence-electron chi connectivity index (χ0n) is 7.58. The van der Waals surface area contributed by atoms with Gasteiger partial charge in [-0.1, -0.05) is 0 Å². The van der Waals surface area contributed by atoms with E-state index in [1.807, 2.05) is 6.92 Å². The van der Waals surface area contributed by atoms with E-state index in [2.05, 4.69) is 31.2 Å². The van der Waals surface area contributed by atoms with E-state index in [4.69, 9.17) is 5.73 Å². The predicted octanol–water partition coefficient (Wildman–Crippen LogP) is 1.47. The third-order valence-corrected chi connectivity index (χ3v) is 3.59. The van der Waals surface area contributed by atoms with Crippen LogP contribution in [0.4, 0.5) is 0 Å². The van der Waals surface area contributed by atoms with Gasteiger partial charge in [0.25, 0.3) is 0 Å². The van der Waals surface area contributed by atoms with Crippen molar-refractivity contribution >= 4 is 19.4 Å². The van der Waals surface area contributed by atoms with Gasteiger partial charge in [-0.15, -0.1) is 0 Å². The molecule has 0 saturated carbocycles. The van der Waals surface area contributed by atoms with Crippen molar-refractivity contribution in [3.8, 4) is 0 Å². The minimum atomic E-state index is 0.160. The van der Waals surface area contributed by atoms with Gasteiger partial charge in [-0.3, -0.25) is 0 Å². The number of nitrogens with two attached hydrogens (primary N) is 1. The van der Waals surface area contributed by atoms with Crippen molar-refractivity contribution in [3.05, 3.63) is 29.8 Å². The third-order valence-electron chi connectivity index (χ3n) is 1.72. The minimum absolute atomic E-state index is 0.160. The fourth-order valence-electron chi connectivity index (χ4n) is 1.03. The molecule has 12 heavy (non-hydrogen) atoms. The Morgan fingerprint density at radius 1 is 1.33 bits per heavy atom. The molecule has 0 aliphatic heterocycles. The summed E-state index contributed by atoms with van der Waals surface area (Å²) in [5, 5.41) is 1.27. The molecule has 1 atom stereocenters. The molecular weight excluding hydrogens is 213 g/mol. The number of hydrogen-bond donors (Lipinski definition) is 1. The van der Waals surface area contributed by atoms with E-state index < -0.39 is 0 Å². The van der Waals surface area contributed by atoms with Crippen LogP contribution < -0.4 is 10.2 Å². The summed E-state index contributed by atoms with van der Waals surface area (Å²) in [4.78, 5) is 0. The first-order valence-corrected chi connectivity index (χ1v) is 6.29. The van der Waals surface area contributed by atoms with Crippen molar-refractivity contribution in [1.82, 2.24) is 0 Å². The molecule has 1 rings (SSSR count). The second-order valence-electron chi connectivity index (χ2n) is 2.79. The molecule has 0 aromatic heterocycles. The van der Waals surface area contributed by atoms with E-state index in [1.54, 1.807) is 0 Å². The van der Waals surface area contributed by atoms with Gasteiger partial charge in [0.2, 0.25) is 0 Å². The summed E-state index contributed by atoms with van der Waals surface area (Å²) < 4.78 is 1.47. The standard InChI is InChI=1S/C10H15NSe/c1-3-12-10-6-4-9(5-7-10)8(2)11/h4-8H,3,11H2,1-2H3/t8-/m0/s1. The Labute approximate surface area is 80.5 Å². The molecule has 0 unspecified atom stereocenters. The van der Waals surface area contributed by atoms with Gasteiger partial charge in [-0.25, -0.2) is 0 Å². The van der Waals surface area contributed by atoms with Crippen LogP contribution in [0.1, 0.15) is 25.5 Å². The molecular formula is C10H15NSe. The summed E-state index contributed by atoms with van der Waals surface area (Å²) in [7, 11) is 0. The molecule has 0 radical (unpaired) electrons. The van der Waals surface area contributed by atoms with E-state index in [-0.39, 0.29) is 6.04 Å². The molecule has 0 aliphatic rings. The fourth-order valence-corrected chi connectivity index (χ4v) is 2.42. The zero-order chi connectivity index (χ0) is 8.97. The van der Waals surface area contributed by atoms with Crippen molar-refractivity contribution in [2.75, 3.05) is 0 Å². The molecule has 0 bridgehead atoms. The molecule has 66 valence electrons. The Hall–Kier alpha value is -0.301. The molecule has 0 amide bonds. The van der Waals surface area contributed by atoms with Crippen LogP contribution in [0.2, 0.25) is 5.32 Å². The van der Waals surface area contributed by atoms with Crippen molar-refractivity contribution < 1.29 is 0 Å². The van der Waals surface area contributed by atoms with E-state index in [1.165, 1.54) is 15.3 Å². The molecule has 0 heterocycles. The average Bonchev–Trinajstić information content (AvgIpc) is 2.06. The zero-order valence-corrected chi connectivity index (χ0v) is 9.29. The average molecular weight is 228 g/mol. The second-order valence-corrected chi connectivity index (χ2v) is 5.60. The van der Waals surface area contributed by atoms with E-state index in [0.29, 0.717) is 15.0 Å². The van der Waals surface area contributed by atoms with Crippen LogP contribution in [0.25, 0.3) is 0 Å². The van der Waals surface area contributed by atoms with E-state index in [0.717, 1.165) is 0 Å². The first-order valence-electron chi connectivity index (χ1n) is 4.22. The maximum atomic E-state index is 5.74. The number of rotatable bonds is 3. The van der Waals surface area contributed by atoms with Crippen molar-refractivity contribution in [1.29, 1.82) is 0 Å². The molecule has 0 fully saturated rings. The Morgan fingerprint density at radius 2 is 1.92 bits per heavy atom. The predicted molar refractivity (Wildman–Crippen MR) is 54.9 cm³/mol. The van der Waals surface area contributed by atoms with E-state index in [9.17, 15) is 0 Å². The second kappa shape index (κ2) is 4.66. The van der Waals surface area contributed by atoms with Gasteiger partial charge in [-0.2, -0.15) is 0 Å². The molecule has 1 aromatic rings. The maximum absolute atomic E-state index is 5.74. The molecule has 0 spiro atoms. The number of benzene rings is 1. The summed E-state index contributed by atoms with van der Waals surface area (Å²) in [6, 6.07) is 8.83. The van der Waals surface area contributed by atoms with Gasteiger partial charge >= 0.3 is 80.2 Å². The van der Waals surface area contributed by atoms with Crippen LogP contribution in [-0.2, 0) is 0 Å². The molecule has 2 heteroatoms. The van der Waals surface area contributed by atoms with Crippen molar-refractivity contribution in [2.45, 2.75) is 25.2 Å². The number of hydrogen-bond acceptors (Lipinski definition) is 1. The Balaban J connectivity index is 2.71. The monoisotopic (exact) mass is 229 g/mol. The van der Waals surface area contributed by atoms with Crippen LogP contribution in [0.15, 0.2) is 24.3 Å². The summed E-state index contributed by atoms with van der Waals surface area (Å²) in [6.07, 6.45) is 0. The Kier molecular flexibility index (Phi) is 3.80. The quantitative estimate of drug-likeness (QED) is 0.779. The molecule has 0 saturated heterocycles. The third kappa shape index (κ3) is 2.63.